The Morgan fingerprint density at radius 2 is 2.26 bits per heavy atom. The number of rotatable bonds is 1. The van der Waals surface area contributed by atoms with Gasteiger partial charge in [-0.2, -0.15) is 0 Å². The van der Waals surface area contributed by atoms with Gasteiger partial charge < -0.3 is 10.5 Å². The highest BCUT2D eigenvalue weighted by Gasteiger charge is 2.46. The Morgan fingerprint density at radius 1 is 1.42 bits per heavy atom. The molecule has 2 aliphatic rings. The summed E-state index contributed by atoms with van der Waals surface area (Å²) in [7, 11) is 0. The quantitative estimate of drug-likeness (QED) is 0.832. The van der Waals surface area contributed by atoms with E-state index in [1.54, 1.807) is 6.07 Å². The van der Waals surface area contributed by atoms with Gasteiger partial charge in [-0.05, 0) is 49.8 Å². The molecule has 1 saturated carbocycles. The van der Waals surface area contributed by atoms with Crippen LogP contribution in [0.3, 0.4) is 0 Å². The Bertz CT molecular complexity index is 476. The molecule has 0 aromatic heterocycles. The van der Waals surface area contributed by atoms with Crippen LogP contribution in [-0.4, -0.2) is 5.60 Å². The molecule has 3 rings (SSSR count). The van der Waals surface area contributed by atoms with E-state index in [2.05, 4.69) is 6.92 Å². The van der Waals surface area contributed by atoms with Gasteiger partial charge in [-0.3, -0.25) is 0 Å². The first-order valence-corrected chi connectivity index (χ1v) is 7.38. The number of fused-ring (bicyclic) bond motifs is 1. The Kier molecular flexibility index (Phi) is 3.25. The van der Waals surface area contributed by atoms with Crippen LogP contribution in [0, 0.1) is 11.7 Å². The van der Waals surface area contributed by atoms with Crippen molar-refractivity contribution in [2.45, 2.75) is 57.1 Å². The molecule has 1 spiro atoms. The molecule has 1 aliphatic carbocycles. The molecule has 3 heteroatoms. The number of halogens is 1. The summed E-state index contributed by atoms with van der Waals surface area (Å²) in [6, 6.07) is 4.63. The third-order valence-corrected chi connectivity index (χ3v) is 4.89. The smallest absolute Gasteiger partial charge is 0.125 e. The number of hydrogen-bond donors (Lipinski definition) is 1. The van der Waals surface area contributed by atoms with E-state index < -0.39 is 0 Å². The minimum Gasteiger partial charge on any atom is -0.487 e. The van der Waals surface area contributed by atoms with Crippen LogP contribution in [0.4, 0.5) is 4.39 Å². The summed E-state index contributed by atoms with van der Waals surface area (Å²) in [6.45, 7) is 2.23. The Labute approximate surface area is 114 Å². The van der Waals surface area contributed by atoms with Crippen molar-refractivity contribution < 1.29 is 9.13 Å². The molecule has 104 valence electrons. The van der Waals surface area contributed by atoms with Gasteiger partial charge in [0, 0.05) is 18.0 Å². The molecule has 1 aromatic rings. The van der Waals surface area contributed by atoms with Crippen molar-refractivity contribution in [2.24, 2.45) is 11.7 Å². The first kappa shape index (κ1) is 12.9. The van der Waals surface area contributed by atoms with Crippen LogP contribution in [0.2, 0.25) is 0 Å². The van der Waals surface area contributed by atoms with Gasteiger partial charge in [-0.25, -0.2) is 4.39 Å². The summed E-state index contributed by atoms with van der Waals surface area (Å²) in [5, 5.41) is 0. The van der Waals surface area contributed by atoms with Crippen molar-refractivity contribution in [2.75, 3.05) is 0 Å². The van der Waals surface area contributed by atoms with E-state index in [0.29, 0.717) is 5.92 Å². The average molecular weight is 263 g/mol. The molecule has 0 saturated heterocycles. The zero-order valence-electron chi connectivity index (χ0n) is 11.5. The number of benzene rings is 1. The standard InChI is InChI=1S/C16H22FNO/c1-2-11-5-3-4-8-16(11)10-14(18)13-9-12(17)6-7-15(13)19-16/h6-7,9,11,14H,2-5,8,10,18H2,1H3. The Balaban J connectivity index is 1.97. The zero-order chi connectivity index (χ0) is 13.5. The van der Waals surface area contributed by atoms with Crippen LogP contribution < -0.4 is 10.5 Å². The van der Waals surface area contributed by atoms with E-state index in [0.717, 1.165) is 30.6 Å². The Hall–Kier alpha value is -1.09. The van der Waals surface area contributed by atoms with Gasteiger partial charge in [-0.15, -0.1) is 0 Å². The number of nitrogens with two attached hydrogens (primary N) is 1. The summed E-state index contributed by atoms with van der Waals surface area (Å²) < 4.78 is 19.7. The molecular formula is C16H22FNO. The first-order valence-electron chi connectivity index (χ1n) is 7.38. The zero-order valence-corrected chi connectivity index (χ0v) is 11.5. The maximum Gasteiger partial charge on any atom is 0.125 e. The summed E-state index contributed by atoms with van der Waals surface area (Å²) in [5.74, 6) is 1.13. The second kappa shape index (κ2) is 4.78. The van der Waals surface area contributed by atoms with Crippen molar-refractivity contribution in [1.29, 1.82) is 0 Å². The summed E-state index contributed by atoms with van der Waals surface area (Å²) >= 11 is 0. The SMILES string of the molecule is CCC1CCCCC12CC(N)c1cc(F)ccc1O2. The summed E-state index contributed by atoms with van der Waals surface area (Å²) in [6.07, 6.45) is 6.75. The molecule has 1 heterocycles. The second-order valence-corrected chi connectivity index (χ2v) is 6.01. The first-order chi connectivity index (χ1) is 9.14. The monoisotopic (exact) mass is 263 g/mol. The molecule has 2 N–H and O–H groups in total. The van der Waals surface area contributed by atoms with E-state index in [9.17, 15) is 4.39 Å². The third kappa shape index (κ3) is 2.14. The van der Waals surface area contributed by atoms with Crippen molar-refractivity contribution in [3.05, 3.63) is 29.6 Å². The van der Waals surface area contributed by atoms with E-state index >= 15 is 0 Å². The van der Waals surface area contributed by atoms with E-state index in [1.165, 1.54) is 31.4 Å². The van der Waals surface area contributed by atoms with E-state index in [-0.39, 0.29) is 17.5 Å². The van der Waals surface area contributed by atoms with Crippen LogP contribution in [0.25, 0.3) is 0 Å². The van der Waals surface area contributed by atoms with E-state index in [1.807, 2.05) is 0 Å². The van der Waals surface area contributed by atoms with Gasteiger partial charge in [0.25, 0.3) is 0 Å². The molecule has 3 unspecified atom stereocenters. The van der Waals surface area contributed by atoms with Gasteiger partial charge in [0.05, 0.1) is 0 Å². The maximum absolute atomic E-state index is 13.3. The highest BCUT2D eigenvalue weighted by atomic mass is 19.1. The molecule has 0 amide bonds. The van der Waals surface area contributed by atoms with Crippen molar-refractivity contribution in [1.82, 2.24) is 0 Å². The average Bonchev–Trinajstić information content (AvgIpc) is 2.40. The van der Waals surface area contributed by atoms with Gasteiger partial charge in [0.2, 0.25) is 0 Å². The van der Waals surface area contributed by atoms with Crippen LogP contribution in [-0.2, 0) is 0 Å². The van der Waals surface area contributed by atoms with Crippen LogP contribution >= 0.6 is 0 Å². The maximum atomic E-state index is 13.3. The highest BCUT2D eigenvalue weighted by molar-refractivity contribution is 5.39. The molecule has 1 aromatic carbocycles. The molecule has 3 atom stereocenters. The summed E-state index contributed by atoms with van der Waals surface area (Å²) in [5.41, 5.74) is 7.00. The minimum absolute atomic E-state index is 0.105. The fourth-order valence-electron chi connectivity index (χ4n) is 3.91. The molecule has 1 fully saturated rings. The highest BCUT2D eigenvalue weighted by Crippen LogP contribution is 2.48. The molecular weight excluding hydrogens is 241 g/mol. The van der Waals surface area contributed by atoms with Crippen LogP contribution in [0.1, 0.15) is 57.1 Å². The lowest BCUT2D eigenvalue weighted by Gasteiger charge is -2.48. The topological polar surface area (TPSA) is 35.2 Å². The largest absolute Gasteiger partial charge is 0.487 e. The van der Waals surface area contributed by atoms with Gasteiger partial charge in [0.15, 0.2) is 0 Å². The fraction of sp³-hybridized carbons (Fsp3) is 0.625. The fourth-order valence-corrected chi connectivity index (χ4v) is 3.91. The molecule has 1 aliphatic heterocycles. The lowest BCUT2D eigenvalue weighted by molar-refractivity contribution is -0.0490. The molecule has 19 heavy (non-hydrogen) atoms. The van der Waals surface area contributed by atoms with Crippen molar-refractivity contribution in [3.63, 3.8) is 0 Å². The van der Waals surface area contributed by atoms with Crippen LogP contribution in [0.5, 0.6) is 5.75 Å². The minimum atomic E-state index is -0.232. The second-order valence-electron chi connectivity index (χ2n) is 6.01. The van der Waals surface area contributed by atoms with Gasteiger partial charge >= 0.3 is 0 Å². The molecule has 0 radical (unpaired) electrons. The molecule has 2 nitrogen and oxygen atoms in total. The van der Waals surface area contributed by atoms with E-state index in [4.69, 9.17) is 10.5 Å². The van der Waals surface area contributed by atoms with Crippen molar-refractivity contribution in [3.8, 4) is 5.75 Å². The predicted molar refractivity (Wildman–Crippen MR) is 73.6 cm³/mol. The van der Waals surface area contributed by atoms with Gasteiger partial charge in [0.1, 0.15) is 17.2 Å². The van der Waals surface area contributed by atoms with Crippen molar-refractivity contribution >= 4 is 0 Å². The number of hydrogen-bond acceptors (Lipinski definition) is 2. The molecule has 0 bridgehead atoms. The predicted octanol–water partition coefficient (Wildman–Crippen LogP) is 3.95. The normalized spacial score (nSPS) is 33.8. The summed E-state index contributed by atoms with van der Waals surface area (Å²) in [4.78, 5) is 0. The Morgan fingerprint density at radius 3 is 3.05 bits per heavy atom. The lowest BCUT2D eigenvalue weighted by atomic mass is 9.69. The van der Waals surface area contributed by atoms with Gasteiger partial charge in [-0.1, -0.05) is 13.3 Å². The lowest BCUT2D eigenvalue weighted by Crippen LogP contribution is -2.50. The third-order valence-electron chi connectivity index (χ3n) is 4.89. The number of ether oxygens (including phenoxy) is 1. The van der Waals surface area contributed by atoms with Crippen LogP contribution in [0.15, 0.2) is 18.2 Å².